The lowest BCUT2D eigenvalue weighted by molar-refractivity contribution is -0.353. The van der Waals surface area contributed by atoms with Gasteiger partial charge in [-0.2, -0.15) is 0 Å². The number of nitrogens with zero attached hydrogens (tertiary/aromatic N) is 3. The van der Waals surface area contributed by atoms with Gasteiger partial charge in [0.05, 0.1) is 71.9 Å². The van der Waals surface area contributed by atoms with Gasteiger partial charge in [-0.25, -0.2) is 0 Å². The minimum Gasteiger partial charge on any atom is -0.497 e. The number of amides is 6. The van der Waals surface area contributed by atoms with Crippen LogP contribution in [0.1, 0.15) is 29.5 Å². The molecule has 568 valence electrons. The molecule has 0 aromatic heterocycles. The SMILES string of the molecule is COc1ccc2cc(COC[C@H]3O[C@H](O[C@H]4[C@H](O)[C@H](O)[C@@H](Oc5ccc(C[C@H]6NC(=O)[C@H](C(C)c7ccccc7)NC(=O)CNC(=O)[C@H](CO)NC(=O)[C@@H](C(O)C7CN=C(N)N7[C@H]7O[C@H](CO)[C@@H](O)[C@H](O)[C@@H]7O)NC(=O)[C@H](C(O)C7CN=C(N)N7)NC6=O)cc5)O[C@@H]4CO)[C@@H](O)[C@@H](O)[C@@H]3O)ccc2c1. The molecule has 6 aliphatic heterocycles. The molecule has 5 unspecified atom stereocenters. The minimum absolute atomic E-state index is 0.0448. The van der Waals surface area contributed by atoms with E-state index in [-0.39, 0.29) is 37.0 Å². The first-order valence-electron chi connectivity index (χ1n) is 33.4. The van der Waals surface area contributed by atoms with Gasteiger partial charge in [-0.1, -0.05) is 67.6 Å². The van der Waals surface area contributed by atoms with E-state index >= 15 is 9.59 Å². The Morgan fingerprint density at radius 3 is 1.86 bits per heavy atom. The fourth-order valence-electron chi connectivity index (χ4n) is 13.0. The molecule has 104 heavy (non-hydrogen) atoms. The van der Waals surface area contributed by atoms with Crippen molar-refractivity contribution in [3.63, 3.8) is 0 Å². The zero-order valence-corrected chi connectivity index (χ0v) is 56.1. The molecule has 6 amide bonds. The maximum absolute atomic E-state index is 15.2. The smallest absolute Gasteiger partial charge is 0.246 e. The first kappa shape index (κ1) is 78.0. The number of fused-ring (bicyclic) bond motifs is 1. The van der Waals surface area contributed by atoms with Crippen molar-refractivity contribution in [1.29, 1.82) is 0 Å². The Labute approximate surface area is 592 Å². The predicted molar refractivity (Wildman–Crippen MR) is 356 cm³/mol. The molecule has 4 aromatic carbocycles. The molecular weight excluding hydrogens is 1380 g/mol. The molecule has 25 atom stereocenters. The highest BCUT2D eigenvalue weighted by Crippen LogP contribution is 2.33. The normalized spacial score (nSPS) is 34.3. The summed E-state index contributed by atoms with van der Waals surface area (Å²) in [7, 11) is 1.56. The quantitative estimate of drug-likeness (QED) is 0.0368. The number of aliphatic hydroxyl groups is 13. The van der Waals surface area contributed by atoms with Crippen LogP contribution in [0.2, 0.25) is 0 Å². The zero-order chi connectivity index (χ0) is 75.0. The lowest BCUT2D eigenvalue weighted by atomic mass is 9.92. The van der Waals surface area contributed by atoms with Crippen molar-refractivity contribution in [3.05, 3.63) is 108 Å². The van der Waals surface area contributed by atoms with Gasteiger partial charge < -0.3 is 153 Å². The standard InChI is InChI=1S/C66H88N12O26/c1-27(30-6-4-3-5-7-30)43-59(95)72-35(17-28-9-13-33(14-10-28)100-63-55(92)52(89)56(40(24-81)102-63)104-64-54(91)51(88)49(86)41(103-64)26-99-25-29-8-11-32-18-34(98-2)15-12-31(32)16-29)58(94)76-44(46(83)36-19-70-65(67)74-36)61(97)77-45(60(96)73-37(22-79)57(93)69-21-42(82)75-43)47(84)38-20-71-66(68)78(38)62-53(90)50(87)48(85)39(23-80)101-62/h3-16,18,27,35-41,43-56,62-64,79-81,83-92H,17,19-26H2,1-2H3,(H2,68,71)(H,69,93)(H,72,95)(H,73,96)(H,75,82)(H,76,94)(H,77,97)(H3,67,70,74)/t27?,35-,36?,37+,38?,39-,40-,41-,43+,44+,45-,46?,47?,48-,49-,50+,51+,52-,53+,54+,55+,56-,62+,63+,64-/m1/s1. The number of benzene rings is 4. The van der Waals surface area contributed by atoms with Crippen LogP contribution in [-0.4, -0.2) is 318 Å². The van der Waals surface area contributed by atoms with E-state index in [2.05, 4.69) is 47.2 Å². The van der Waals surface area contributed by atoms with E-state index in [1.807, 2.05) is 30.3 Å². The first-order chi connectivity index (χ1) is 49.7. The fraction of sp³-hybridized carbons (Fsp3) is 0.545. The number of carbonyl (C=O) groups excluding carboxylic acids is 6. The lowest BCUT2D eigenvalue weighted by Crippen LogP contribution is -2.70. The average Bonchev–Trinajstić information content (AvgIpc) is 1.66. The molecule has 6 aliphatic rings. The molecule has 4 fully saturated rings. The molecule has 6 heterocycles. The Morgan fingerprint density at radius 1 is 0.567 bits per heavy atom. The van der Waals surface area contributed by atoms with Crippen molar-refractivity contribution in [2.24, 2.45) is 21.5 Å². The van der Waals surface area contributed by atoms with E-state index < -0.39 is 233 Å². The second-order valence-corrected chi connectivity index (χ2v) is 25.9. The molecule has 10 rings (SSSR count). The summed E-state index contributed by atoms with van der Waals surface area (Å²) in [4.78, 5) is 96.7. The van der Waals surface area contributed by atoms with Crippen LogP contribution >= 0.6 is 0 Å². The summed E-state index contributed by atoms with van der Waals surface area (Å²) in [5.41, 5.74) is 13.6. The number of aliphatic hydroxyl groups excluding tert-OH is 13. The molecule has 0 aliphatic carbocycles. The van der Waals surface area contributed by atoms with E-state index in [0.29, 0.717) is 11.3 Å². The van der Waals surface area contributed by atoms with Crippen LogP contribution in [-0.2, 0) is 65.5 Å². The van der Waals surface area contributed by atoms with Crippen molar-refractivity contribution < 1.29 is 128 Å². The average molecular weight is 1470 g/mol. The van der Waals surface area contributed by atoms with Gasteiger partial charge in [0.1, 0.15) is 127 Å². The van der Waals surface area contributed by atoms with Crippen molar-refractivity contribution in [2.75, 3.05) is 53.2 Å². The number of hydrogen-bond acceptors (Lipinski definition) is 32. The van der Waals surface area contributed by atoms with Crippen LogP contribution in [0.25, 0.3) is 10.8 Å². The van der Waals surface area contributed by atoms with Crippen LogP contribution in [0.3, 0.4) is 0 Å². The molecule has 4 aromatic rings. The van der Waals surface area contributed by atoms with Gasteiger partial charge in [0.25, 0.3) is 0 Å². The zero-order valence-electron chi connectivity index (χ0n) is 56.1. The summed E-state index contributed by atoms with van der Waals surface area (Å²) in [6, 6.07) is 12.0. The Bertz CT molecular complexity index is 3700. The Kier molecular flexibility index (Phi) is 25.9. The molecule has 38 nitrogen and oxygen atoms in total. The number of rotatable bonds is 21. The molecule has 0 spiro atoms. The van der Waals surface area contributed by atoms with E-state index in [0.717, 1.165) is 21.2 Å². The number of nitrogens with one attached hydrogen (secondary N) is 7. The molecular formula is C66H88N12O26. The van der Waals surface area contributed by atoms with E-state index in [1.54, 1.807) is 50.4 Å². The Morgan fingerprint density at radius 2 is 1.17 bits per heavy atom. The monoisotopic (exact) mass is 1460 g/mol. The molecule has 38 heteroatoms. The van der Waals surface area contributed by atoms with Gasteiger partial charge >= 0.3 is 0 Å². The highest BCUT2D eigenvalue weighted by atomic mass is 16.7. The second kappa shape index (κ2) is 34.5. The first-order valence-corrected chi connectivity index (χ1v) is 33.4. The molecule has 0 radical (unpaired) electrons. The Balaban J connectivity index is 0.890. The fourth-order valence-corrected chi connectivity index (χ4v) is 13.0. The molecule has 4 saturated heterocycles. The highest BCUT2D eigenvalue weighted by Gasteiger charge is 2.54. The van der Waals surface area contributed by atoms with Gasteiger partial charge in [-0.15, -0.1) is 0 Å². The van der Waals surface area contributed by atoms with Crippen LogP contribution in [0.4, 0.5) is 0 Å². The van der Waals surface area contributed by atoms with Crippen LogP contribution < -0.4 is 58.2 Å². The summed E-state index contributed by atoms with van der Waals surface area (Å²) < 4.78 is 40.5. The van der Waals surface area contributed by atoms with Crippen molar-refractivity contribution in [3.8, 4) is 11.5 Å². The molecule has 0 bridgehead atoms. The summed E-state index contributed by atoms with van der Waals surface area (Å²) in [5, 5.41) is 163. The summed E-state index contributed by atoms with van der Waals surface area (Å²) in [5.74, 6) is -8.33. The number of ether oxygens (including phenoxy) is 7. The maximum atomic E-state index is 15.2. The summed E-state index contributed by atoms with van der Waals surface area (Å²) in [6.07, 6.45) is -31.6. The van der Waals surface area contributed by atoms with Crippen molar-refractivity contribution >= 4 is 58.1 Å². The topological polar surface area (TPSA) is 594 Å². The third kappa shape index (κ3) is 17.7. The van der Waals surface area contributed by atoms with Gasteiger partial charge in [-0.05, 0) is 57.8 Å². The van der Waals surface area contributed by atoms with Crippen LogP contribution in [0, 0.1) is 0 Å². The number of guanidine groups is 2. The van der Waals surface area contributed by atoms with E-state index in [9.17, 15) is 85.6 Å². The van der Waals surface area contributed by atoms with Gasteiger partial charge in [0.15, 0.2) is 24.4 Å². The van der Waals surface area contributed by atoms with E-state index in [4.69, 9.17) is 44.6 Å². The minimum atomic E-state index is -2.35. The predicted octanol–water partition coefficient (Wildman–Crippen LogP) is -10.2. The van der Waals surface area contributed by atoms with Gasteiger partial charge in [-0.3, -0.25) is 38.8 Å². The second-order valence-electron chi connectivity index (χ2n) is 25.9. The maximum Gasteiger partial charge on any atom is 0.246 e. The van der Waals surface area contributed by atoms with Crippen molar-refractivity contribution in [1.82, 2.24) is 42.1 Å². The summed E-state index contributed by atoms with van der Waals surface area (Å²) >= 11 is 0. The summed E-state index contributed by atoms with van der Waals surface area (Å²) in [6.45, 7) is -3.43. The number of methoxy groups -OCH3 is 1. The number of nitrogens with two attached hydrogens (primary N) is 2. The van der Waals surface area contributed by atoms with Gasteiger partial charge in [0.2, 0.25) is 41.7 Å². The van der Waals surface area contributed by atoms with Crippen LogP contribution in [0.5, 0.6) is 11.5 Å². The lowest BCUT2D eigenvalue weighted by Gasteiger charge is -2.46. The third-order valence-electron chi connectivity index (χ3n) is 19.0. The molecule has 0 saturated carbocycles. The Hall–Kier alpha value is -8.62. The number of aliphatic imine (C=N–C) groups is 2. The van der Waals surface area contributed by atoms with E-state index in [1.165, 1.54) is 24.3 Å². The van der Waals surface area contributed by atoms with Gasteiger partial charge in [0, 0.05) is 12.3 Å². The van der Waals surface area contributed by atoms with Crippen LogP contribution in [0.15, 0.2) is 101 Å². The third-order valence-corrected chi connectivity index (χ3v) is 19.0. The number of carbonyl (C=O) groups is 6. The molecule has 24 N–H and O–H groups in total. The highest BCUT2D eigenvalue weighted by molar-refractivity contribution is 5.98. The largest absolute Gasteiger partial charge is 0.497 e. The number of hydrogen-bond donors (Lipinski definition) is 22. The van der Waals surface area contributed by atoms with Crippen molar-refractivity contribution in [2.45, 2.75) is 172 Å².